The van der Waals surface area contributed by atoms with Gasteiger partial charge in [-0.15, -0.1) is 0 Å². The van der Waals surface area contributed by atoms with Gasteiger partial charge in [0.2, 0.25) is 5.91 Å². The van der Waals surface area contributed by atoms with Gasteiger partial charge in [-0.2, -0.15) is 0 Å². The molecule has 0 aromatic heterocycles. The average molecular weight is 324 g/mol. The van der Waals surface area contributed by atoms with Crippen LogP contribution in [0.4, 0.5) is 5.69 Å². The molecule has 0 bridgehead atoms. The van der Waals surface area contributed by atoms with Gasteiger partial charge in [-0.1, -0.05) is 15.9 Å². The van der Waals surface area contributed by atoms with Gasteiger partial charge in [0, 0.05) is 48.8 Å². The summed E-state index contributed by atoms with van der Waals surface area (Å²) in [5.41, 5.74) is 8.06. The molecule has 2 aliphatic heterocycles. The Morgan fingerprint density at radius 3 is 2.95 bits per heavy atom. The maximum Gasteiger partial charge on any atom is 0.223 e. The van der Waals surface area contributed by atoms with Crippen molar-refractivity contribution in [3.8, 4) is 0 Å². The van der Waals surface area contributed by atoms with E-state index in [0.29, 0.717) is 24.9 Å². The SMILES string of the molecule is NCc1cc(Br)cc(N2CCN3C(=O)CCC3C2)c1. The Balaban J connectivity index is 1.80. The summed E-state index contributed by atoms with van der Waals surface area (Å²) >= 11 is 3.54. The fourth-order valence-electron chi connectivity index (χ4n) is 3.03. The Bertz CT molecular complexity index is 505. The molecule has 2 N–H and O–H groups in total. The molecule has 102 valence electrons. The molecule has 1 atom stereocenters. The van der Waals surface area contributed by atoms with Crippen molar-refractivity contribution in [1.29, 1.82) is 0 Å². The van der Waals surface area contributed by atoms with Crippen molar-refractivity contribution in [3.05, 3.63) is 28.2 Å². The Kier molecular flexibility index (Phi) is 3.50. The van der Waals surface area contributed by atoms with Crippen molar-refractivity contribution in [2.24, 2.45) is 5.73 Å². The molecule has 19 heavy (non-hydrogen) atoms. The number of anilines is 1. The number of carbonyl (C=O) groups excluding carboxylic acids is 1. The van der Waals surface area contributed by atoms with E-state index in [0.717, 1.165) is 36.1 Å². The molecule has 0 saturated carbocycles. The van der Waals surface area contributed by atoms with E-state index >= 15 is 0 Å². The van der Waals surface area contributed by atoms with Crippen molar-refractivity contribution in [1.82, 2.24) is 4.90 Å². The van der Waals surface area contributed by atoms with Crippen LogP contribution in [0, 0.1) is 0 Å². The monoisotopic (exact) mass is 323 g/mol. The number of benzene rings is 1. The van der Waals surface area contributed by atoms with Crippen molar-refractivity contribution in [3.63, 3.8) is 0 Å². The zero-order valence-corrected chi connectivity index (χ0v) is 12.4. The van der Waals surface area contributed by atoms with E-state index in [-0.39, 0.29) is 0 Å². The summed E-state index contributed by atoms with van der Waals surface area (Å²) in [6, 6.07) is 6.73. The molecule has 4 nitrogen and oxygen atoms in total. The molecule has 2 fully saturated rings. The van der Waals surface area contributed by atoms with E-state index in [4.69, 9.17) is 5.73 Å². The number of amides is 1. The second-order valence-electron chi connectivity index (χ2n) is 5.25. The summed E-state index contributed by atoms with van der Waals surface area (Å²) in [5, 5.41) is 0. The van der Waals surface area contributed by atoms with Crippen molar-refractivity contribution < 1.29 is 4.79 Å². The molecule has 5 heteroatoms. The van der Waals surface area contributed by atoms with Crippen LogP contribution in [0.1, 0.15) is 18.4 Å². The van der Waals surface area contributed by atoms with Crippen LogP contribution in [0.5, 0.6) is 0 Å². The first-order valence-electron chi connectivity index (χ1n) is 6.71. The van der Waals surface area contributed by atoms with Gasteiger partial charge >= 0.3 is 0 Å². The summed E-state index contributed by atoms with van der Waals surface area (Å²) in [5.74, 6) is 0.321. The molecule has 2 aliphatic rings. The molecule has 2 saturated heterocycles. The number of halogens is 1. The summed E-state index contributed by atoms with van der Waals surface area (Å²) < 4.78 is 1.07. The number of piperazine rings is 1. The lowest BCUT2D eigenvalue weighted by atomic mass is 10.1. The maximum absolute atomic E-state index is 11.7. The van der Waals surface area contributed by atoms with Gasteiger partial charge in [-0.05, 0) is 30.2 Å². The number of rotatable bonds is 2. The topological polar surface area (TPSA) is 49.6 Å². The van der Waals surface area contributed by atoms with Crippen molar-refractivity contribution in [2.45, 2.75) is 25.4 Å². The quantitative estimate of drug-likeness (QED) is 0.901. The number of carbonyl (C=O) groups is 1. The van der Waals surface area contributed by atoms with E-state index < -0.39 is 0 Å². The van der Waals surface area contributed by atoms with Crippen molar-refractivity contribution >= 4 is 27.5 Å². The summed E-state index contributed by atoms with van der Waals surface area (Å²) in [6.07, 6.45) is 1.71. The Morgan fingerprint density at radius 1 is 1.32 bits per heavy atom. The minimum absolute atomic E-state index is 0.321. The summed E-state index contributed by atoms with van der Waals surface area (Å²) in [7, 11) is 0. The van der Waals surface area contributed by atoms with Crippen LogP contribution in [0.2, 0.25) is 0 Å². The lowest BCUT2D eigenvalue weighted by molar-refractivity contribution is -0.129. The third-order valence-electron chi connectivity index (χ3n) is 4.04. The average Bonchev–Trinajstić information content (AvgIpc) is 2.79. The zero-order valence-electron chi connectivity index (χ0n) is 10.8. The maximum atomic E-state index is 11.7. The van der Waals surface area contributed by atoms with Crippen LogP contribution in [-0.2, 0) is 11.3 Å². The van der Waals surface area contributed by atoms with Gasteiger partial charge in [0.25, 0.3) is 0 Å². The molecule has 0 aliphatic carbocycles. The second kappa shape index (κ2) is 5.13. The minimum Gasteiger partial charge on any atom is -0.368 e. The summed E-state index contributed by atoms with van der Waals surface area (Å²) in [6.45, 7) is 3.23. The number of nitrogens with zero attached hydrogens (tertiary/aromatic N) is 2. The smallest absolute Gasteiger partial charge is 0.223 e. The first-order chi connectivity index (χ1) is 9.17. The van der Waals surface area contributed by atoms with Gasteiger partial charge in [0.05, 0.1) is 0 Å². The molecule has 3 rings (SSSR count). The van der Waals surface area contributed by atoms with E-state index in [1.54, 1.807) is 0 Å². The molecular formula is C14H18BrN3O. The second-order valence-corrected chi connectivity index (χ2v) is 6.16. The lowest BCUT2D eigenvalue weighted by Gasteiger charge is -2.39. The Hall–Kier alpha value is -1.07. The third kappa shape index (κ3) is 2.49. The fraction of sp³-hybridized carbons (Fsp3) is 0.500. The van der Waals surface area contributed by atoms with Gasteiger partial charge in [-0.3, -0.25) is 4.79 Å². The van der Waals surface area contributed by atoms with E-state index in [9.17, 15) is 4.79 Å². The first kappa shape index (κ1) is 12.9. The normalized spacial score (nSPS) is 22.8. The number of hydrogen-bond acceptors (Lipinski definition) is 3. The highest BCUT2D eigenvalue weighted by Crippen LogP contribution is 2.28. The highest BCUT2D eigenvalue weighted by atomic mass is 79.9. The zero-order chi connectivity index (χ0) is 13.4. The summed E-state index contributed by atoms with van der Waals surface area (Å²) in [4.78, 5) is 16.1. The molecular weight excluding hydrogens is 306 g/mol. The largest absolute Gasteiger partial charge is 0.368 e. The predicted octanol–water partition coefficient (Wildman–Crippen LogP) is 1.72. The highest BCUT2D eigenvalue weighted by Gasteiger charge is 2.35. The predicted molar refractivity (Wildman–Crippen MR) is 79.0 cm³/mol. The van der Waals surface area contributed by atoms with Crippen LogP contribution >= 0.6 is 15.9 Å². The third-order valence-corrected chi connectivity index (χ3v) is 4.50. The van der Waals surface area contributed by atoms with Gasteiger partial charge in [0.1, 0.15) is 0 Å². The molecule has 0 spiro atoms. The molecule has 1 aromatic carbocycles. The Labute approximate surface area is 121 Å². The van der Waals surface area contributed by atoms with E-state index in [1.165, 1.54) is 5.69 Å². The number of nitrogens with two attached hydrogens (primary N) is 1. The van der Waals surface area contributed by atoms with Crippen LogP contribution < -0.4 is 10.6 Å². The van der Waals surface area contributed by atoms with Crippen LogP contribution in [0.25, 0.3) is 0 Å². The number of fused-ring (bicyclic) bond motifs is 1. The Morgan fingerprint density at radius 2 is 2.16 bits per heavy atom. The molecule has 1 amide bonds. The van der Waals surface area contributed by atoms with Crippen molar-refractivity contribution in [2.75, 3.05) is 24.5 Å². The van der Waals surface area contributed by atoms with Gasteiger partial charge < -0.3 is 15.5 Å². The van der Waals surface area contributed by atoms with Crippen LogP contribution in [0.15, 0.2) is 22.7 Å². The van der Waals surface area contributed by atoms with E-state index in [1.807, 2.05) is 4.90 Å². The molecule has 2 heterocycles. The van der Waals surface area contributed by atoms with Gasteiger partial charge in [-0.25, -0.2) is 0 Å². The standard InChI is InChI=1S/C14H18BrN3O/c15-11-5-10(8-16)6-13(7-11)17-3-4-18-12(9-17)1-2-14(18)19/h5-7,12H,1-4,8-9,16H2. The number of hydrogen-bond donors (Lipinski definition) is 1. The highest BCUT2D eigenvalue weighted by molar-refractivity contribution is 9.10. The van der Waals surface area contributed by atoms with Gasteiger partial charge in [0.15, 0.2) is 0 Å². The molecule has 0 radical (unpaired) electrons. The first-order valence-corrected chi connectivity index (χ1v) is 7.50. The minimum atomic E-state index is 0.321. The molecule has 1 unspecified atom stereocenters. The van der Waals surface area contributed by atoms with Crippen LogP contribution in [-0.4, -0.2) is 36.5 Å². The fourth-order valence-corrected chi connectivity index (χ4v) is 3.56. The van der Waals surface area contributed by atoms with E-state index in [2.05, 4.69) is 39.0 Å². The lowest BCUT2D eigenvalue weighted by Crippen LogP contribution is -2.51. The van der Waals surface area contributed by atoms with Crippen LogP contribution in [0.3, 0.4) is 0 Å². The molecule has 1 aromatic rings.